The summed E-state index contributed by atoms with van der Waals surface area (Å²) in [6, 6.07) is 9.98. The Morgan fingerprint density at radius 3 is 2.88 bits per heavy atom. The highest BCUT2D eigenvalue weighted by Gasteiger charge is 2.54. The number of carbonyl (C=O) groups excluding carboxylic acids is 1. The standard InChI is InChI=1S/C20H24N4O/c1-16-12-23(14-18-6-2-3-9-22-18)15-20(16)7-10-24(19(20)25)13-17-5-4-8-21-11-17/h2-6,8-9,11,16H,7,10,12-15H2,1H3/t16-,20-/m1/s1. The van der Waals surface area contributed by atoms with E-state index in [0.717, 1.165) is 43.9 Å². The number of hydrogen-bond acceptors (Lipinski definition) is 4. The minimum atomic E-state index is -0.225. The molecule has 0 radical (unpaired) electrons. The predicted molar refractivity (Wildman–Crippen MR) is 95.4 cm³/mol. The second kappa shape index (κ2) is 6.56. The first kappa shape index (κ1) is 16.2. The molecule has 0 unspecified atom stereocenters. The Kier molecular flexibility index (Phi) is 4.25. The maximum Gasteiger partial charge on any atom is 0.230 e. The number of pyridine rings is 2. The minimum Gasteiger partial charge on any atom is -0.338 e. The molecule has 4 rings (SSSR count). The van der Waals surface area contributed by atoms with Gasteiger partial charge in [-0.15, -0.1) is 0 Å². The van der Waals surface area contributed by atoms with Crippen LogP contribution >= 0.6 is 0 Å². The zero-order valence-corrected chi connectivity index (χ0v) is 14.6. The van der Waals surface area contributed by atoms with Crippen LogP contribution in [0.1, 0.15) is 24.6 Å². The van der Waals surface area contributed by atoms with Crippen LogP contribution in [0.4, 0.5) is 0 Å². The van der Waals surface area contributed by atoms with Crippen LogP contribution in [-0.2, 0) is 17.9 Å². The van der Waals surface area contributed by atoms with Gasteiger partial charge in [-0.05, 0) is 36.1 Å². The van der Waals surface area contributed by atoms with Gasteiger partial charge in [0.05, 0.1) is 11.1 Å². The van der Waals surface area contributed by atoms with E-state index in [1.54, 1.807) is 6.20 Å². The van der Waals surface area contributed by atoms with Crippen LogP contribution in [0.2, 0.25) is 0 Å². The van der Waals surface area contributed by atoms with E-state index in [1.165, 1.54) is 0 Å². The van der Waals surface area contributed by atoms with E-state index < -0.39 is 0 Å². The van der Waals surface area contributed by atoms with E-state index in [9.17, 15) is 4.79 Å². The van der Waals surface area contributed by atoms with Crippen molar-refractivity contribution >= 4 is 5.91 Å². The van der Waals surface area contributed by atoms with Crippen molar-refractivity contribution in [1.82, 2.24) is 19.8 Å². The molecule has 2 aliphatic heterocycles. The average molecular weight is 336 g/mol. The first-order chi connectivity index (χ1) is 12.2. The molecule has 5 heteroatoms. The molecule has 1 amide bonds. The summed E-state index contributed by atoms with van der Waals surface area (Å²) in [6.45, 7) is 6.36. The number of nitrogens with zero attached hydrogens (tertiary/aromatic N) is 4. The van der Waals surface area contributed by atoms with Crippen LogP contribution in [0.15, 0.2) is 48.9 Å². The molecule has 130 valence electrons. The molecule has 2 aliphatic rings. The molecule has 0 aromatic carbocycles. The Morgan fingerprint density at radius 1 is 1.20 bits per heavy atom. The lowest BCUT2D eigenvalue weighted by atomic mass is 9.78. The lowest BCUT2D eigenvalue weighted by molar-refractivity contribution is -0.137. The fraction of sp³-hybridized carbons (Fsp3) is 0.450. The number of likely N-dealkylation sites (tertiary alicyclic amines) is 2. The molecule has 0 saturated carbocycles. The third-order valence-electron chi connectivity index (χ3n) is 5.73. The molecular formula is C20H24N4O. The summed E-state index contributed by atoms with van der Waals surface area (Å²) in [5, 5.41) is 0. The van der Waals surface area contributed by atoms with Gasteiger partial charge in [-0.1, -0.05) is 19.1 Å². The summed E-state index contributed by atoms with van der Waals surface area (Å²) < 4.78 is 0. The van der Waals surface area contributed by atoms with Gasteiger partial charge in [0.15, 0.2) is 0 Å². The smallest absolute Gasteiger partial charge is 0.230 e. The molecule has 0 bridgehead atoms. The lowest BCUT2D eigenvalue weighted by Gasteiger charge is -2.27. The number of amides is 1. The van der Waals surface area contributed by atoms with E-state index in [-0.39, 0.29) is 5.41 Å². The maximum absolute atomic E-state index is 13.2. The molecule has 2 atom stereocenters. The fourth-order valence-electron chi connectivity index (χ4n) is 4.35. The van der Waals surface area contributed by atoms with Crippen molar-refractivity contribution in [1.29, 1.82) is 0 Å². The topological polar surface area (TPSA) is 49.3 Å². The number of hydrogen-bond donors (Lipinski definition) is 0. The van der Waals surface area contributed by atoms with Gasteiger partial charge >= 0.3 is 0 Å². The first-order valence-electron chi connectivity index (χ1n) is 8.98. The molecule has 2 fully saturated rings. The number of aromatic nitrogens is 2. The summed E-state index contributed by atoms with van der Waals surface area (Å²) in [5.74, 6) is 0.690. The van der Waals surface area contributed by atoms with Crippen molar-refractivity contribution in [3.63, 3.8) is 0 Å². The minimum absolute atomic E-state index is 0.225. The van der Waals surface area contributed by atoms with Gasteiger partial charge in [-0.2, -0.15) is 0 Å². The normalized spacial score (nSPS) is 26.7. The van der Waals surface area contributed by atoms with Crippen molar-refractivity contribution in [3.8, 4) is 0 Å². The van der Waals surface area contributed by atoms with Gasteiger partial charge in [0.2, 0.25) is 5.91 Å². The third kappa shape index (κ3) is 3.04. The van der Waals surface area contributed by atoms with Crippen molar-refractivity contribution < 1.29 is 4.79 Å². The Bertz CT molecular complexity index is 736. The quantitative estimate of drug-likeness (QED) is 0.860. The highest BCUT2D eigenvalue weighted by molar-refractivity contribution is 5.86. The van der Waals surface area contributed by atoms with Crippen LogP contribution in [0, 0.1) is 11.3 Å². The second-order valence-electron chi connectivity index (χ2n) is 7.39. The third-order valence-corrected chi connectivity index (χ3v) is 5.73. The maximum atomic E-state index is 13.2. The fourth-order valence-corrected chi connectivity index (χ4v) is 4.35. The molecule has 1 spiro atoms. The highest BCUT2D eigenvalue weighted by Crippen LogP contribution is 2.45. The average Bonchev–Trinajstić information content (AvgIpc) is 3.11. The van der Waals surface area contributed by atoms with Gasteiger partial charge in [-0.25, -0.2) is 0 Å². The van der Waals surface area contributed by atoms with Crippen LogP contribution < -0.4 is 0 Å². The van der Waals surface area contributed by atoms with E-state index in [0.29, 0.717) is 18.4 Å². The van der Waals surface area contributed by atoms with Crippen molar-refractivity contribution in [3.05, 3.63) is 60.2 Å². The van der Waals surface area contributed by atoms with Crippen molar-refractivity contribution in [2.75, 3.05) is 19.6 Å². The monoisotopic (exact) mass is 336 g/mol. The summed E-state index contributed by atoms with van der Waals surface area (Å²) in [6.07, 6.45) is 6.40. The predicted octanol–water partition coefficient (Wildman–Crippen LogP) is 2.35. The number of rotatable bonds is 4. The lowest BCUT2D eigenvalue weighted by Crippen LogP contribution is -2.39. The van der Waals surface area contributed by atoms with Crippen LogP contribution in [0.5, 0.6) is 0 Å². The van der Waals surface area contributed by atoms with Gasteiger partial charge in [-0.3, -0.25) is 19.7 Å². The molecule has 2 aromatic rings. The molecule has 25 heavy (non-hydrogen) atoms. The number of carbonyl (C=O) groups is 1. The molecule has 0 N–H and O–H groups in total. The van der Waals surface area contributed by atoms with E-state index >= 15 is 0 Å². The zero-order valence-electron chi connectivity index (χ0n) is 14.6. The summed E-state index contributed by atoms with van der Waals surface area (Å²) in [4.78, 5) is 26.2. The Hall–Kier alpha value is -2.27. The van der Waals surface area contributed by atoms with E-state index in [1.807, 2.05) is 41.6 Å². The molecule has 2 aromatic heterocycles. The van der Waals surface area contributed by atoms with Crippen molar-refractivity contribution in [2.24, 2.45) is 11.3 Å². The summed E-state index contributed by atoms with van der Waals surface area (Å²) in [5.41, 5.74) is 1.95. The van der Waals surface area contributed by atoms with Gasteiger partial charge in [0.25, 0.3) is 0 Å². The van der Waals surface area contributed by atoms with E-state index in [2.05, 4.69) is 27.9 Å². The Balaban J connectivity index is 1.46. The van der Waals surface area contributed by atoms with E-state index in [4.69, 9.17) is 0 Å². The molecule has 4 heterocycles. The SMILES string of the molecule is C[C@@H]1CN(Cc2ccccn2)C[C@]12CCN(Cc1cccnc1)C2=O. The Morgan fingerprint density at radius 2 is 2.12 bits per heavy atom. The van der Waals surface area contributed by atoms with Gasteiger partial charge in [0, 0.05) is 51.3 Å². The molecular weight excluding hydrogens is 312 g/mol. The van der Waals surface area contributed by atoms with Gasteiger partial charge in [0.1, 0.15) is 0 Å². The zero-order chi connectivity index (χ0) is 17.3. The van der Waals surface area contributed by atoms with Gasteiger partial charge < -0.3 is 4.90 Å². The molecule has 0 aliphatic carbocycles. The van der Waals surface area contributed by atoms with Crippen molar-refractivity contribution in [2.45, 2.75) is 26.4 Å². The highest BCUT2D eigenvalue weighted by atomic mass is 16.2. The molecule has 5 nitrogen and oxygen atoms in total. The van der Waals surface area contributed by atoms with Crippen LogP contribution in [0.3, 0.4) is 0 Å². The summed E-state index contributed by atoms with van der Waals surface area (Å²) in [7, 11) is 0. The largest absolute Gasteiger partial charge is 0.338 e. The first-order valence-corrected chi connectivity index (χ1v) is 8.98. The van der Waals surface area contributed by atoms with Crippen LogP contribution in [0.25, 0.3) is 0 Å². The van der Waals surface area contributed by atoms with Crippen LogP contribution in [-0.4, -0.2) is 45.3 Å². The second-order valence-corrected chi connectivity index (χ2v) is 7.39. The Labute approximate surface area is 148 Å². The molecule has 2 saturated heterocycles. The summed E-state index contributed by atoms with van der Waals surface area (Å²) >= 11 is 0.